The maximum absolute atomic E-state index is 15.6. The summed E-state index contributed by atoms with van der Waals surface area (Å²) >= 11 is 0. The van der Waals surface area contributed by atoms with E-state index in [1.807, 2.05) is 83.4 Å². The SMILES string of the molecule is O=S(=O)(Oc1ccccc1-c1nc2c3ccccc3c3ccccc3c2n1-c1ccccc1)C(F)(F)C(F)(F)C1CC2CCC1C2. The Morgan fingerprint density at radius 3 is 2.00 bits per heavy atom. The van der Waals surface area contributed by atoms with Crippen molar-refractivity contribution in [2.75, 3.05) is 0 Å². The molecule has 10 heteroatoms. The van der Waals surface area contributed by atoms with Crippen molar-refractivity contribution in [3.63, 3.8) is 0 Å². The Kier molecular flexibility index (Phi) is 6.48. The van der Waals surface area contributed by atoms with Crippen LogP contribution in [0.3, 0.4) is 0 Å². The molecule has 2 saturated carbocycles. The molecule has 2 aliphatic rings. The van der Waals surface area contributed by atoms with E-state index in [0.29, 0.717) is 36.0 Å². The van der Waals surface area contributed by atoms with E-state index in [-0.39, 0.29) is 23.7 Å². The fourth-order valence-corrected chi connectivity index (χ4v) is 8.65. The molecule has 0 N–H and O–H groups in total. The number of nitrogens with zero attached hydrogens (tertiary/aromatic N) is 2. The maximum atomic E-state index is 15.6. The number of para-hydroxylation sites is 2. The molecule has 8 rings (SSSR count). The molecule has 0 spiro atoms. The van der Waals surface area contributed by atoms with Gasteiger partial charge in [0.05, 0.1) is 16.6 Å². The number of hydrogen-bond acceptors (Lipinski definition) is 4. The lowest BCUT2D eigenvalue weighted by molar-refractivity contribution is -0.202. The van der Waals surface area contributed by atoms with Crippen LogP contribution in [0.5, 0.6) is 5.75 Å². The van der Waals surface area contributed by atoms with Gasteiger partial charge in [0, 0.05) is 22.4 Å². The highest BCUT2D eigenvalue weighted by molar-refractivity contribution is 7.88. The molecular weight excluding hydrogens is 616 g/mol. The average molecular weight is 645 g/mol. The van der Waals surface area contributed by atoms with E-state index in [0.717, 1.165) is 21.5 Å². The van der Waals surface area contributed by atoms with Gasteiger partial charge in [-0.05, 0) is 66.1 Å². The zero-order chi connectivity index (χ0) is 31.8. The Morgan fingerprint density at radius 2 is 1.33 bits per heavy atom. The lowest BCUT2D eigenvalue weighted by atomic mass is 9.84. The molecule has 2 bridgehead atoms. The molecule has 0 saturated heterocycles. The molecule has 3 unspecified atom stereocenters. The molecule has 234 valence electrons. The van der Waals surface area contributed by atoms with E-state index in [4.69, 9.17) is 9.17 Å². The van der Waals surface area contributed by atoms with Crippen LogP contribution in [0.25, 0.3) is 49.7 Å². The van der Waals surface area contributed by atoms with Crippen LogP contribution in [0.4, 0.5) is 17.6 Å². The predicted molar refractivity (Wildman–Crippen MR) is 170 cm³/mol. The Hall–Kier alpha value is -4.44. The Morgan fingerprint density at radius 1 is 0.717 bits per heavy atom. The molecular formula is C36H28F4N2O3S. The van der Waals surface area contributed by atoms with Crippen molar-refractivity contribution in [1.82, 2.24) is 9.55 Å². The van der Waals surface area contributed by atoms with Crippen molar-refractivity contribution < 1.29 is 30.2 Å². The van der Waals surface area contributed by atoms with Crippen molar-refractivity contribution in [3.05, 3.63) is 103 Å². The standard InChI is InChI=1S/C36H28F4N2O3S/c37-35(38,30-21-22-18-19-23(30)20-22)36(39,40)46(43,44)45-31-17-9-8-16-29(31)34-41-32-27-14-6-4-12-25(27)26-13-5-7-15-28(26)33(32)42(34)24-10-2-1-3-11-24/h1-17,22-23,30H,18-21H2. The summed E-state index contributed by atoms with van der Waals surface area (Å²) in [6, 6.07) is 30.4. The van der Waals surface area contributed by atoms with Crippen LogP contribution in [0.15, 0.2) is 103 Å². The van der Waals surface area contributed by atoms with Gasteiger partial charge < -0.3 is 4.18 Å². The summed E-state index contributed by atoms with van der Waals surface area (Å²) in [7, 11) is -6.15. The van der Waals surface area contributed by atoms with Gasteiger partial charge in [-0.2, -0.15) is 26.0 Å². The van der Waals surface area contributed by atoms with Crippen LogP contribution in [0, 0.1) is 17.8 Å². The number of fused-ring (bicyclic) bond motifs is 8. The molecule has 5 nitrogen and oxygen atoms in total. The molecule has 1 heterocycles. The zero-order valence-electron chi connectivity index (χ0n) is 24.4. The van der Waals surface area contributed by atoms with E-state index in [1.54, 1.807) is 6.07 Å². The Labute approximate surface area is 262 Å². The summed E-state index contributed by atoms with van der Waals surface area (Å²) in [5.41, 5.74) is 2.03. The highest BCUT2D eigenvalue weighted by Gasteiger charge is 2.72. The van der Waals surface area contributed by atoms with Crippen LogP contribution in [-0.4, -0.2) is 29.1 Å². The minimum Gasteiger partial charge on any atom is -0.377 e. The van der Waals surface area contributed by atoms with E-state index in [9.17, 15) is 8.42 Å². The molecule has 2 fully saturated rings. The van der Waals surface area contributed by atoms with Gasteiger partial charge in [0.15, 0.2) is 5.75 Å². The van der Waals surface area contributed by atoms with Gasteiger partial charge in [-0.25, -0.2) is 4.98 Å². The lowest BCUT2D eigenvalue weighted by Crippen LogP contribution is -2.54. The van der Waals surface area contributed by atoms with Crippen molar-refractivity contribution in [3.8, 4) is 22.8 Å². The van der Waals surface area contributed by atoms with Gasteiger partial charge in [-0.15, -0.1) is 0 Å². The fourth-order valence-electron chi connectivity index (χ4n) is 7.68. The molecule has 1 aromatic heterocycles. The van der Waals surface area contributed by atoms with Crippen molar-refractivity contribution >= 4 is 42.7 Å². The number of aromatic nitrogens is 2. The first-order chi connectivity index (χ1) is 22.1. The normalized spacial score (nSPS) is 20.2. The van der Waals surface area contributed by atoms with Crippen LogP contribution in [0.2, 0.25) is 0 Å². The highest BCUT2D eigenvalue weighted by atomic mass is 32.2. The number of alkyl halides is 4. The molecule has 0 amide bonds. The summed E-state index contributed by atoms with van der Waals surface area (Å²) in [6.45, 7) is 0. The van der Waals surface area contributed by atoms with Gasteiger partial charge in [0.25, 0.3) is 0 Å². The van der Waals surface area contributed by atoms with Crippen LogP contribution < -0.4 is 4.18 Å². The molecule has 0 aliphatic heterocycles. The predicted octanol–water partition coefficient (Wildman–Crippen LogP) is 9.37. The van der Waals surface area contributed by atoms with Gasteiger partial charge in [0.2, 0.25) is 0 Å². The topological polar surface area (TPSA) is 61.2 Å². The van der Waals surface area contributed by atoms with Gasteiger partial charge in [-0.3, -0.25) is 4.57 Å². The molecule has 0 radical (unpaired) electrons. The summed E-state index contributed by atoms with van der Waals surface area (Å²) in [5, 5.41) is -1.85. The summed E-state index contributed by atoms with van der Waals surface area (Å²) in [6.07, 6.45) is 1.39. The first-order valence-electron chi connectivity index (χ1n) is 15.2. The van der Waals surface area contributed by atoms with Crippen molar-refractivity contribution in [1.29, 1.82) is 0 Å². The zero-order valence-corrected chi connectivity index (χ0v) is 25.2. The van der Waals surface area contributed by atoms with Gasteiger partial charge >= 0.3 is 21.3 Å². The summed E-state index contributed by atoms with van der Waals surface area (Å²) in [5.74, 6) is -7.55. The molecule has 2 aliphatic carbocycles. The third kappa shape index (κ3) is 4.18. The lowest BCUT2D eigenvalue weighted by Gasteiger charge is -2.34. The minimum atomic E-state index is -6.15. The van der Waals surface area contributed by atoms with E-state index in [2.05, 4.69) is 0 Å². The summed E-state index contributed by atoms with van der Waals surface area (Å²) in [4.78, 5) is 4.98. The van der Waals surface area contributed by atoms with E-state index >= 15 is 17.6 Å². The first kappa shape index (κ1) is 29.0. The fraction of sp³-hybridized carbons (Fsp3) is 0.250. The molecule has 3 atom stereocenters. The number of benzene rings is 5. The number of imidazole rings is 1. The average Bonchev–Trinajstić information content (AvgIpc) is 3.81. The minimum absolute atomic E-state index is 0.0540. The molecule has 6 aromatic rings. The van der Waals surface area contributed by atoms with Gasteiger partial charge in [0.1, 0.15) is 5.82 Å². The van der Waals surface area contributed by atoms with Crippen LogP contribution in [0.1, 0.15) is 25.7 Å². The van der Waals surface area contributed by atoms with Crippen LogP contribution >= 0.6 is 0 Å². The van der Waals surface area contributed by atoms with Crippen LogP contribution in [-0.2, 0) is 10.1 Å². The van der Waals surface area contributed by atoms with Crippen molar-refractivity contribution in [2.24, 2.45) is 17.8 Å². The second-order valence-corrected chi connectivity index (χ2v) is 13.9. The Bertz CT molecular complexity index is 2250. The third-order valence-electron chi connectivity index (χ3n) is 9.78. The van der Waals surface area contributed by atoms with E-state index in [1.165, 1.54) is 18.2 Å². The number of rotatable bonds is 7. The number of hydrogen-bond donors (Lipinski definition) is 0. The van der Waals surface area contributed by atoms with E-state index < -0.39 is 38.9 Å². The van der Waals surface area contributed by atoms with Crippen molar-refractivity contribution in [2.45, 2.75) is 36.9 Å². The first-order valence-corrected chi connectivity index (χ1v) is 16.7. The molecule has 46 heavy (non-hydrogen) atoms. The summed E-state index contributed by atoms with van der Waals surface area (Å²) < 4.78 is 95.3. The largest absolute Gasteiger partial charge is 0.442 e. The monoisotopic (exact) mass is 644 g/mol. The quantitative estimate of drug-likeness (QED) is 0.0987. The second kappa shape index (κ2) is 10.3. The smallest absolute Gasteiger partial charge is 0.377 e. The maximum Gasteiger partial charge on any atom is 0.442 e. The Balaban J connectivity index is 1.32. The van der Waals surface area contributed by atoms with Gasteiger partial charge in [-0.1, -0.05) is 85.3 Å². The number of halogens is 4. The highest BCUT2D eigenvalue weighted by Crippen LogP contribution is 2.58. The third-order valence-corrected chi connectivity index (χ3v) is 11.1. The second-order valence-electron chi connectivity index (χ2n) is 12.3. The molecule has 5 aromatic carbocycles.